The Bertz CT molecular complexity index is 229. The summed E-state index contributed by atoms with van der Waals surface area (Å²) in [7, 11) is 0. The Labute approximate surface area is 84.7 Å². The van der Waals surface area contributed by atoms with Crippen molar-refractivity contribution in [3.8, 4) is 0 Å². The van der Waals surface area contributed by atoms with E-state index < -0.39 is 12.2 Å². The third kappa shape index (κ3) is 4.37. The lowest BCUT2D eigenvalue weighted by Crippen LogP contribution is -2.27. The van der Waals surface area contributed by atoms with Crippen LogP contribution in [-0.4, -0.2) is 34.1 Å². The Kier molecular flexibility index (Phi) is 7.02. The average molecular weight is 198 g/mol. The fraction of sp³-hybridized carbons (Fsp3) is 0.455. The van der Waals surface area contributed by atoms with Gasteiger partial charge < -0.3 is 15.3 Å². The zero-order valence-corrected chi connectivity index (χ0v) is 8.59. The van der Waals surface area contributed by atoms with Gasteiger partial charge in [0, 0.05) is 0 Å². The van der Waals surface area contributed by atoms with Crippen LogP contribution >= 0.6 is 0 Å². The normalized spacial score (nSPS) is 17.9. The molecule has 0 aliphatic rings. The van der Waals surface area contributed by atoms with Crippen molar-refractivity contribution in [1.82, 2.24) is 0 Å². The van der Waals surface area contributed by atoms with Crippen LogP contribution in [0.1, 0.15) is 13.8 Å². The number of allylic oxidation sites excluding steroid dienone is 4. The number of aliphatic hydroxyl groups is 3. The zero-order chi connectivity index (χ0) is 11.0. The van der Waals surface area contributed by atoms with Gasteiger partial charge in [0.1, 0.15) is 12.2 Å². The molecule has 0 rings (SSSR count). The third-order valence-corrected chi connectivity index (χ3v) is 1.78. The van der Waals surface area contributed by atoms with Crippen molar-refractivity contribution in [2.75, 3.05) is 6.61 Å². The molecule has 3 N–H and O–H groups in total. The fourth-order valence-electron chi connectivity index (χ4n) is 0.986. The topological polar surface area (TPSA) is 60.7 Å². The van der Waals surface area contributed by atoms with Crippen LogP contribution in [0.2, 0.25) is 0 Å². The zero-order valence-electron chi connectivity index (χ0n) is 8.59. The largest absolute Gasteiger partial charge is 0.392 e. The molecule has 14 heavy (non-hydrogen) atoms. The maximum atomic E-state index is 9.57. The minimum atomic E-state index is -1.05. The number of hydrogen-bond donors (Lipinski definition) is 3. The third-order valence-electron chi connectivity index (χ3n) is 1.78. The molecule has 0 fully saturated rings. The second-order valence-electron chi connectivity index (χ2n) is 2.89. The lowest BCUT2D eigenvalue weighted by molar-refractivity contribution is 0.0654. The predicted molar refractivity (Wildman–Crippen MR) is 56.8 cm³/mol. The van der Waals surface area contributed by atoms with Crippen LogP contribution < -0.4 is 0 Å². The average Bonchev–Trinajstić information content (AvgIpc) is 2.19. The number of aliphatic hydroxyl groups excluding tert-OH is 3. The molecule has 0 aromatic carbocycles. The van der Waals surface area contributed by atoms with Gasteiger partial charge in [-0.25, -0.2) is 0 Å². The summed E-state index contributed by atoms with van der Waals surface area (Å²) >= 11 is 0. The molecule has 3 heteroatoms. The maximum Gasteiger partial charge on any atom is 0.107 e. The van der Waals surface area contributed by atoms with Crippen molar-refractivity contribution < 1.29 is 15.3 Å². The smallest absolute Gasteiger partial charge is 0.107 e. The summed E-state index contributed by atoms with van der Waals surface area (Å²) in [5.41, 5.74) is 0.397. The van der Waals surface area contributed by atoms with Gasteiger partial charge in [0.05, 0.1) is 6.61 Å². The summed E-state index contributed by atoms with van der Waals surface area (Å²) in [6.07, 6.45) is 6.19. The summed E-state index contributed by atoms with van der Waals surface area (Å²) in [5, 5.41) is 27.9. The molecule has 0 aromatic heterocycles. The minimum Gasteiger partial charge on any atom is -0.392 e. The van der Waals surface area contributed by atoms with Gasteiger partial charge in [-0.1, -0.05) is 30.4 Å². The highest BCUT2D eigenvalue weighted by Gasteiger charge is 2.16. The van der Waals surface area contributed by atoms with E-state index in [0.717, 1.165) is 0 Å². The van der Waals surface area contributed by atoms with Gasteiger partial charge in [-0.05, 0) is 19.4 Å². The first kappa shape index (κ1) is 13.1. The summed E-state index contributed by atoms with van der Waals surface area (Å²) in [4.78, 5) is 0. The molecule has 0 bridgehead atoms. The molecule has 3 nitrogen and oxygen atoms in total. The Morgan fingerprint density at radius 3 is 2.29 bits per heavy atom. The van der Waals surface area contributed by atoms with Crippen molar-refractivity contribution in [2.24, 2.45) is 0 Å². The van der Waals surface area contributed by atoms with Crippen LogP contribution in [0, 0.1) is 0 Å². The van der Waals surface area contributed by atoms with Gasteiger partial charge >= 0.3 is 0 Å². The number of rotatable bonds is 5. The van der Waals surface area contributed by atoms with E-state index in [1.807, 2.05) is 6.92 Å². The first-order valence-electron chi connectivity index (χ1n) is 4.58. The Balaban J connectivity index is 4.52. The molecule has 0 radical (unpaired) electrons. The van der Waals surface area contributed by atoms with Gasteiger partial charge in [-0.3, -0.25) is 0 Å². The van der Waals surface area contributed by atoms with Crippen molar-refractivity contribution >= 4 is 0 Å². The highest BCUT2D eigenvalue weighted by Crippen LogP contribution is 2.08. The summed E-state index contributed by atoms with van der Waals surface area (Å²) in [6, 6.07) is 0. The highest BCUT2D eigenvalue weighted by molar-refractivity contribution is 5.19. The molecule has 2 atom stereocenters. The van der Waals surface area contributed by atoms with E-state index in [1.165, 1.54) is 6.08 Å². The van der Waals surface area contributed by atoms with Crippen LogP contribution in [0.15, 0.2) is 36.0 Å². The van der Waals surface area contributed by atoms with E-state index in [0.29, 0.717) is 5.57 Å². The molecular formula is C11H18O3. The predicted octanol–water partition coefficient (Wildman–Crippen LogP) is 0.779. The monoisotopic (exact) mass is 198 g/mol. The lowest BCUT2D eigenvalue weighted by Gasteiger charge is -2.16. The Morgan fingerprint density at radius 2 is 1.86 bits per heavy atom. The molecule has 0 aliphatic heterocycles. The van der Waals surface area contributed by atoms with E-state index >= 15 is 0 Å². The molecule has 80 valence electrons. The standard InChI is InChI=1S/C11H18O3/c1-3-5-7-9(8-12)11(14)10(13)6-4-2/h3-7,10-14H,8H2,1-2H3/b5-3+,6-4-,9-7-/t10-,11+/m1/s1. The molecule has 0 saturated heterocycles. The van der Waals surface area contributed by atoms with Gasteiger partial charge in [0.25, 0.3) is 0 Å². The van der Waals surface area contributed by atoms with Gasteiger partial charge in [0.2, 0.25) is 0 Å². The summed E-state index contributed by atoms with van der Waals surface area (Å²) in [6.45, 7) is 3.32. The van der Waals surface area contributed by atoms with Crippen molar-refractivity contribution in [3.05, 3.63) is 36.0 Å². The van der Waals surface area contributed by atoms with Crippen LogP contribution in [0.25, 0.3) is 0 Å². The first-order valence-corrected chi connectivity index (χ1v) is 4.58. The van der Waals surface area contributed by atoms with Crippen molar-refractivity contribution in [2.45, 2.75) is 26.1 Å². The lowest BCUT2D eigenvalue weighted by atomic mass is 10.0. The molecule has 0 aromatic rings. The molecule has 0 spiro atoms. The van der Waals surface area contributed by atoms with E-state index in [4.69, 9.17) is 5.11 Å². The van der Waals surface area contributed by atoms with Crippen LogP contribution in [0.3, 0.4) is 0 Å². The minimum absolute atomic E-state index is 0.264. The molecule has 0 heterocycles. The van der Waals surface area contributed by atoms with Crippen LogP contribution in [-0.2, 0) is 0 Å². The van der Waals surface area contributed by atoms with Crippen molar-refractivity contribution in [1.29, 1.82) is 0 Å². The molecule has 0 aliphatic carbocycles. The molecule has 0 amide bonds. The van der Waals surface area contributed by atoms with Gasteiger partial charge in [-0.15, -0.1) is 0 Å². The van der Waals surface area contributed by atoms with E-state index in [1.54, 1.807) is 31.2 Å². The molecule has 0 unspecified atom stereocenters. The second kappa shape index (κ2) is 7.50. The van der Waals surface area contributed by atoms with E-state index in [9.17, 15) is 10.2 Å². The maximum absolute atomic E-state index is 9.57. The van der Waals surface area contributed by atoms with Crippen LogP contribution in [0.4, 0.5) is 0 Å². The SMILES string of the molecule is C/C=C\[C@@H](O)[C@@H](O)/C(=C\C=C\C)CO. The first-order chi connectivity index (χ1) is 6.67. The Morgan fingerprint density at radius 1 is 1.21 bits per heavy atom. The molecular weight excluding hydrogens is 180 g/mol. The number of hydrogen-bond acceptors (Lipinski definition) is 3. The summed E-state index contributed by atoms with van der Waals surface area (Å²) < 4.78 is 0. The Hall–Kier alpha value is -0.900. The van der Waals surface area contributed by atoms with Gasteiger partial charge in [-0.2, -0.15) is 0 Å². The quantitative estimate of drug-likeness (QED) is 0.452. The van der Waals surface area contributed by atoms with Gasteiger partial charge in [0.15, 0.2) is 0 Å². The van der Waals surface area contributed by atoms with E-state index in [2.05, 4.69) is 0 Å². The van der Waals surface area contributed by atoms with E-state index in [-0.39, 0.29) is 6.61 Å². The molecule has 0 saturated carbocycles. The summed E-state index contributed by atoms with van der Waals surface area (Å²) in [5.74, 6) is 0. The second-order valence-corrected chi connectivity index (χ2v) is 2.89. The highest BCUT2D eigenvalue weighted by atomic mass is 16.3. The van der Waals surface area contributed by atoms with Crippen LogP contribution in [0.5, 0.6) is 0 Å². The fourth-order valence-corrected chi connectivity index (χ4v) is 0.986. The van der Waals surface area contributed by atoms with Crippen molar-refractivity contribution in [3.63, 3.8) is 0 Å².